The number of piperidine rings is 1. The lowest BCUT2D eigenvalue weighted by molar-refractivity contribution is -0.205. The molecule has 1 N–H and O–H groups in total. The highest BCUT2D eigenvalue weighted by atomic mass is 19.4. The molecule has 202 valence electrons. The number of aliphatic hydroxyl groups is 1. The Morgan fingerprint density at radius 1 is 1.14 bits per heavy atom. The van der Waals surface area contributed by atoms with Crippen molar-refractivity contribution in [2.75, 3.05) is 39.3 Å². The number of aryl methyl sites for hydroxylation is 1. The van der Waals surface area contributed by atoms with Crippen LogP contribution in [0.2, 0.25) is 0 Å². The molecule has 9 heteroatoms. The van der Waals surface area contributed by atoms with E-state index < -0.39 is 30.0 Å². The maximum atomic E-state index is 13.3. The second-order valence-electron chi connectivity index (χ2n) is 10.9. The summed E-state index contributed by atoms with van der Waals surface area (Å²) >= 11 is 0. The molecule has 0 aliphatic carbocycles. The van der Waals surface area contributed by atoms with Gasteiger partial charge in [0.2, 0.25) is 0 Å². The van der Waals surface area contributed by atoms with Gasteiger partial charge in [0, 0.05) is 31.7 Å². The molecule has 2 saturated heterocycles. The first kappa shape index (κ1) is 27.4. The third kappa shape index (κ3) is 7.24. The Labute approximate surface area is 216 Å². The minimum Gasteiger partial charge on any atom is -0.490 e. The van der Waals surface area contributed by atoms with Crippen LogP contribution in [0.1, 0.15) is 54.3 Å². The van der Waals surface area contributed by atoms with E-state index in [1.54, 1.807) is 36.9 Å². The number of morpholine rings is 1. The summed E-state index contributed by atoms with van der Waals surface area (Å²) in [7, 11) is 0. The van der Waals surface area contributed by atoms with Crippen LogP contribution in [0.3, 0.4) is 0 Å². The molecule has 1 amide bonds. The van der Waals surface area contributed by atoms with Crippen molar-refractivity contribution in [3.63, 3.8) is 0 Å². The molecule has 2 aromatic rings. The van der Waals surface area contributed by atoms with Crippen molar-refractivity contribution in [3.05, 3.63) is 65.2 Å². The first-order valence-electron chi connectivity index (χ1n) is 12.6. The van der Waals surface area contributed by atoms with Gasteiger partial charge in [-0.1, -0.05) is 30.3 Å². The van der Waals surface area contributed by atoms with Crippen LogP contribution >= 0.6 is 0 Å². The van der Waals surface area contributed by atoms with Gasteiger partial charge in [0.25, 0.3) is 5.91 Å². The van der Waals surface area contributed by atoms with E-state index in [0.29, 0.717) is 37.2 Å². The molecule has 2 aliphatic heterocycles. The van der Waals surface area contributed by atoms with Crippen molar-refractivity contribution in [1.29, 1.82) is 0 Å². The van der Waals surface area contributed by atoms with Crippen molar-refractivity contribution in [1.82, 2.24) is 9.80 Å². The molecular weight excluding hydrogens is 485 g/mol. The van der Waals surface area contributed by atoms with Gasteiger partial charge in [0.15, 0.2) is 0 Å². The van der Waals surface area contributed by atoms with Gasteiger partial charge in [0.1, 0.15) is 12.4 Å². The van der Waals surface area contributed by atoms with Gasteiger partial charge in [-0.2, -0.15) is 13.2 Å². The van der Waals surface area contributed by atoms with Crippen molar-refractivity contribution in [2.45, 2.75) is 57.1 Å². The Morgan fingerprint density at radius 3 is 2.41 bits per heavy atom. The zero-order valence-electron chi connectivity index (χ0n) is 21.6. The number of carbonyl (C=O) groups is 1. The number of carbonyl (C=O) groups excluding carboxylic acids is 1. The molecule has 6 nitrogen and oxygen atoms in total. The SMILES string of the molecule is Cc1cc(C(=O)N2CCC3(CC2)CN(CC(F)(F)F)CC(c2ccccc2)O3)ccc1OCC(C)(C)O. The summed E-state index contributed by atoms with van der Waals surface area (Å²) in [5.41, 5.74) is 0.448. The molecule has 37 heavy (non-hydrogen) atoms. The highest BCUT2D eigenvalue weighted by Crippen LogP contribution is 2.39. The van der Waals surface area contributed by atoms with Gasteiger partial charge in [-0.05, 0) is 62.9 Å². The maximum Gasteiger partial charge on any atom is 0.401 e. The van der Waals surface area contributed by atoms with E-state index >= 15 is 0 Å². The van der Waals surface area contributed by atoms with E-state index in [1.807, 2.05) is 37.3 Å². The molecule has 2 aliphatic rings. The summed E-state index contributed by atoms with van der Waals surface area (Å²) in [6, 6.07) is 14.5. The number of halogens is 3. The van der Waals surface area contributed by atoms with E-state index in [0.717, 1.165) is 11.1 Å². The smallest absolute Gasteiger partial charge is 0.401 e. The number of hydrogen-bond acceptors (Lipinski definition) is 5. The lowest BCUT2D eigenvalue weighted by Gasteiger charge is -2.50. The highest BCUT2D eigenvalue weighted by Gasteiger charge is 2.46. The highest BCUT2D eigenvalue weighted by molar-refractivity contribution is 5.94. The molecule has 2 heterocycles. The van der Waals surface area contributed by atoms with E-state index in [-0.39, 0.29) is 25.6 Å². The monoisotopic (exact) mass is 520 g/mol. The number of hydrogen-bond donors (Lipinski definition) is 1. The lowest BCUT2D eigenvalue weighted by atomic mass is 9.87. The predicted octanol–water partition coefficient (Wildman–Crippen LogP) is 4.76. The summed E-state index contributed by atoms with van der Waals surface area (Å²) < 4.78 is 52.0. The Balaban J connectivity index is 1.44. The average molecular weight is 521 g/mol. The zero-order chi connectivity index (χ0) is 26.8. The lowest BCUT2D eigenvalue weighted by Crippen LogP contribution is -2.59. The molecule has 0 aromatic heterocycles. The van der Waals surface area contributed by atoms with Gasteiger partial charge in [-0.25, -0.2) is 0 Å². The Bertz CT molecular complexity index is 1080. The molecule has 1 atom stereocenters. The summed E-state index contributed by atoms with van der Waals surface area (Å²) in [6.45, 7) is 5.46. The number of nitrogens with zero attached hydrogens (tertiary/aromatic N) is 2. The number of rotatable bonds is 6. The largest absolute Gasteiger partial charge is 0.490 e. The van der Waals surface area contributed by atoms with Gasteiger partial charge >= 0.3 is 6.18 Å². The molecule has 0 radical (unpaired) electrons. The average Bonchev–Trinajstić information content (AvgIpc) is 2.82. The van der Waals surface area contributed by atoms with Crippen LogP contribution in [-0.4, -0.2) is 77.5 Å². The molecule has 0 saturated carbocycles. The number of benzene rings is 2. The quantitative estimate of drug-likeness (QED) is 0.596. The minimum atomic E-state index is -4.29. The van der Waals surface area contributed by atoms with Crippen LogP contribution in [0.25, 0.3) is 0 Å². The Morgan fingerprint density at radius 2 is 1.81 bits per heavy atom. The van der Waals surface area contributed by atoms with E-state index in [1.165, 1.54) is 4.90 Å². The van der Waals surface area contributed by atoms with Crippen molar-refractivity contribution in [2.24, 2.45) is 0 Å². The number of amides is 1. The predicted molar refractivity (Wildman–Crippen MR) is 134 cm³/mol. The van der Waals surface area contributed by atoms with Crippen LogP contribution < -0.4 is 4.74 Å². The molecular formula is C28H35F3N2O4. The van der Waals surface area contributed by atoms with Gasteiger partial charge in [0.05, 0.1) is 23.9 Å². The van der Waals surface area contributed by atoms with Crippen LogP contribution in [0.5, 0.6) is 5.75 Å². The fraction of sp³-hybridized carbons (Fsp3) is 0.536. The van der Waals surface area contributed by atoms with Gasteiger partial charge in [-0.15, -0.1) is 0 Å². The molecule has 2 aromatic carbocycles. The van der Waals surface area contributed by atoms with Crippen LogP contribution in [0.4, 0.5) is 13.2 Å². The van der Waals surface area contributed by atoms with Gasteiger partial charge in [-0.3, -0.25) is 9.69 Å². The summed E-state index contributed by atoms with van der Waals surface area (Å²) in [4.78, 5) is 16.4. The van der Waals surface area contributed by atoms with Crippen molar-refractivity contribution in [3.8, 4) is 5.75 Å². The molecule has 4 rings (SSSR count). The first-order chi connectivity index (χ1) is 17.3. The maximum absolute atomic E-state index is 13.3. The summed E-state index contributed by atoms with van der Waals surface area (Å²) in [5, 5.41) is 9.89. The third-order valence-electron chi connectivity index (χ3n) is 6.87. The van der Waals surface area contributed by atoms with Crippen LogP contribution in [0, 0.1) is 6.92 Å². The first-order valence-corrected chi connectivity index (χ1v) is 12.6. The van der Waals surface area contributed by atoms with Gasteiger partial charge < -0.3 is 19.5 Å². The standard InChI is InChI=1S/C28H35F3N2O4/c1-20-15-22(9-10-23(20)36-19-26(2,3)35)25(34)33-13-11-27(12-14-33)17-32(18-28(29,30)31)16-24(37-27)21-7-5-4-6-8-21/h4-10,15,24,35H,11-14,16-19H2,1-3H3. The normalized spacial score (nSPS) is 20.7. The van der Waals surface area contributed by atoms with Crippen molar-refractivity contribution >= 4 is 5.91 Å². The second kappa shape index (κ2) is 10.6. The Kier molecular flexibility index (Phi) is 7.88. The topological polar surface area (TPSA) is 62.2 Å². The molecule has 1 unspecified atom stereocenters. The molecule has 1 spiro atoms. The second-order valence-corrected chi connectivity index (χ2v) is 10.9. The third-order valence-corrected chi connectivity index (χ3v) is 6.87. The van der Waals surface area contributed by atoms with Crippen LogP contribution in [0.15, 0.2) is 48.5 Å². The Hall–Kier alpha value is -2.62. The van der Waals surface area contributed by atoms with E-state index in [9.17, 15) is 23.1 Å². The van der Waals surface area contributed by atoms with E-state index in [2.05, 4.69) is 0 Å². The molecule has 2 fully saturated rings. The van der Waals surface area contributed by atoms with Crippen LogP contribution in [-0.2, 0) is 4.74 Å². The fourth-order valence-corrected chi connectivity index (χ4v) is 5.07. The zero-order valence-corrected chi connectivity index (χ0v) is 21.6. The summed E-state index contributed by atoms with van der Waals surface area (Å²) in [6.07, 6.45) is -3.83. The number of alkyl halides is 3. The minimum absolute atomic E-state index is 0.130. The number of ether oxygens (including phenoxy) is 2. The fourth-order valence-electron chi connectivity index (χ4n) is 5.07. The van der Waals surface area contributed by atoms with E-state index in [4.69, 9.17) is 9.47 Å². The summed E-state index contributed by atoms with van der Waals surface area (Å²) in [5.74, 6) is 0.471. The van der Waals surface area contributed by atoms with Crippen molar-refractivity contribution < 1.29 is 32.5 Å². The molecule has 0 bridgehead atoms. The number of likely N-dealkylation sites (tertiary alicyclic amines) is 1.